The molecule has 0 spiro atoms. The van der Waals surface area contributed by atoms with E-state index >= 15 is 0 Å². The first-order valence-corrected chi connectivity index (χ1v) is 6.97. The molecule has 2 N–H and O–H groups in total. The largest absolute Gasteiger partial charge is 0.481 e. The lowest BCUT2D eigenvalue weighted by molar-refractivity contribution is -0.138. The van der Waals surface area contributed by atoms with E-state index in [9.17, 15) is 14.7 Å². The number of hydrogen-bond acceptors (Lipinski definition) is 3. The van der Waals surface area contributed by atoms with Crippen molar-refractivity contribution in [2.45, 2.75) is 51.7 Å². The zero-order valence-corrected chi connectivity index (χ0v) is 13.0. The molecule has 0 fully saturated rings. The second-order valence-electron chi connectivity index (χ2n) is 6.00. The predicted molar refractivity (Wildman–Crippen MR) is 80.0 cm³/mol. The Hall–Kier alpha value is -2.04. The standard InChI is InChI=1S/C16H23NO4/c1-5-16(11-13(18)19,12-9-7-6-8-10-12)17-14(20)21-15(2,3)4/h6-10H,5,11H2,1-4H3,(H,17,20)(H,18,19). The molecule has 0 aliphatic carbocycles. The van der Waals surface area contributed by atoms with Gasteiger partial charge in [-0.3, -0.25) is 4.79 Å². The highest BCUT2D eigenvalue weighted by Crippen LogP contribution is 2.29. The summed E-state index contributed by atoms with van der Waals surface area (Å²) >= 11 is 0. The van der Waals surface area contributed by atoms with Gasteiger partial charge < -0.3 is 15.2 Å². The van der Waals surface area contributed by atoms with Crippen molar-refractivity contribution >= 4 is 12.1 Å². The van der Waals surface area contributed by atoms with Crippen LogP contribution in [0.15, 0.2) is 30.3 Å². The highest BCUT2D eigenvalue weighted by Gasteiger charge is 2.36. The minimum Gasteiger partial charge on any atom is -0.481 e. The summed E-state index contributed by atoms with van der Waals surface area (Å²) in [5.41, 5.74) is -0.861. The summed E-state index contributed by atoms with van der Waals surface area (Å²) in [6.45, 7) is 7.13. The average Bonchev–Trinajstić information content (AvgIpc) is 2.36. The fourth-order valence-corrected chi connectivity index (χ4v) is 2.15. The number of carboxylic acid groups (broad SMARTS) is 1. The van der Waals surface area contributed by atoms with Gasteiger partial charge in [0.1, 0.15) is 5.60 Å². The summed E-state index contributed by atoms with van der Waals surface area (Å²) in [4.78, 5) is 23.3. The summed E-state index contributed by atoms with van der Waals surface area (Å²) in [5.74, 6) is -0.975. The molecule has 1 amide bonds. The van der Waals surface area contributed by atoms with Gasteiger partial charge in [0.05, 0.1) is 12.0 Å². The maximum Gasteiger partial charge on any atom is 0.408 e. The number of alkyl carbamates (subject to hydrolysis) is 1. The van der Waals surface area contributed by atoms with Crippen molar-refractivity contribution in [1.82, 2.24) is 5.32 Å². The normalized spacial score (nSPS) is 14.1. The predicted octanol–water partition coefficient (Wildman–Crippen LogP) is 3.29. The number of rotatable bonds is 5. The molecule has 0 saturated heterocycles. The molecule has 116 valence electrons. The van der Waals surface area contributed by atoms with E-state index in [1.807, 2.05) is 37.3 Å². The van der Waals surface area contributed by atoms with Crippen LogP contribution in [0.5, 0.6) is 0 Å². The number of carbonyl (C=O) groups excluding carboxylic acids is 1. The quantitative estimate of drug-likeness (QED) is 0.873. The van der Waals surface area contributed by atoms with Crippen LogP contribution >= 0.6 is 0 Å². The van der Waals surface area contributed by atoms with E-state index in [2.05, 4.69) is 5.32 Å². The number of hydrogen-bond donors (Lipinski definition) is 2. The first-order chi connectivity index (χ1) is 9.68. The van der Waals surface area contributed by atoms with Crippen molar-refractivity contribution in [1.29, 1.82) is 0 Å². The summed E-state index contributed by atoms with van der Waals surface area (Å²) < 4.78 is 5.26. The van der Waals surface area contributed by atoms with Crippen LogP contribution in [0.25, 0.3) is 0 Å². The Labute approximate surface area is 125 Å². The van der Waals surface area contributed by atoms with Gasteiger partial charge in [-0.2, -0.15) is 0 Å². The number of nitrogens with one attached hydrogen (secondary N) is 1. The minimum absolute atomic E-state index is 0.202. The van der Waals surface area contributed by atoms with Crippen LogP contribution in [0.3, 0.4) is 0 Å². The number of carbonyl (C=O) groups is 2. The van der Waals surface area contributed by atoms with Crippen LogP contribution < -0.4 is 5.32 Å². The first-order valence-electron chi connectivity index (χ1n) is 6.97. The van der Waals surface area contributed by atoms with Crippen LogP contribution in [-0.4, -0.2) is 22.8 Å². The molecule has 0 aromatic heterocycles. The Morgan fingerprint density at radius 1 is 1.19 bits per heavy atom. The highest BCUT2D eigenvalue weighted by molar-refractivity contribution is 5.73. The highest BCUT2D eigenvalue weighted by atomic mass is 16.6. The molecule has 1 atom stereocenters. The molecule has 0 aliphatic heterocycles. The van der Waals surface area contributed by atoms with Gasteiger partial charge in [-0.25, -0.2) is 4.79 Å². The number of benzene rings is 1. The van der Waals surface area contributed by atoms with E-state index in [1.54, 1.807) is 20.8 Å². The summed E-state index contributed by atoms with van der Waals surface area (Å²) in [7, 11) is 0. The number of amides is 1. The lowest BCUT2D eigenvalue weighted by Gasteiger charge is -2.34. The second-order valence-corrected chi connectivity index (χ2v) is 6.00. The first kappa shape index (κ1) is 17.0. The Kier molecular flexibility index (Phi) is 5.35. The molecule has 0 saturated carbocycles. The van der Waals surface area contributed by atoms with Gasteiger partial charge in [0.25, 0.3) is 0 Å². The molecule has 0 aliphatic rings. The second kappa shape index (κ2) is 6.61. The lowest BCUT2D eigenvalue weighted by Crippen LogP contribution is -2.48. The smallest absolute Gasteiger partial charge is 0.408 e. The maximum absolute atomic E-state index is 12.1. The third-order valence-electron chi connectivity index (χ3n) is 3.12. The van der Waals surface area contributed by atoms with Gasteiger partial charge in [-0.1, -0.05) is 37.3 Å². The van der Waals surface area contributed by atoms with Gasteiger partial charge in [-0.15, -0.1) is 0 Å². The van der Waals surface area contributed by atoms with E-state index in [0.717, 1.165) is 5.56 Å². The number of carboxylic acids is 1. The van der Waals surface area contributed by atoms with Gasteiger partial charge in [0.2, 0.25) is 0 Å². The molecule has 21 heavy (non-hydrogen) atoms. The monoisotopic (exact) mass is 293 g/mol. The Morgan fingerprint density at radius 3 is 2.19 bits per heavy atom. The molecule has 0 heterocycles. The Morgan fingerprint density at radius 2 is 1.76 bits per heavy atom. The Bertz CT molecular complexity index is 493. The van der Waals surface area contributed by atoms with Crippen molar-refractivity contribution in [3.63, 3.8) is 0 Å². The molecular weight excluding hydrogens is 270 g/mol. The minimum atomic E-state index is -0.977. The average molecular weight is 293 g/mol. The number of ether oxygens (including phenoxy) is 1. The van der Waals surface area contributed by atoms with Gasteiger partial charge in [0.15, 0.2) is 0 Å². The van der Waals surface area contributed by atoms with Crippen molar-refractivity contribution < 1.29 is 19.4 Å². The zero-order chi connectivity index (χ0) is 16.1. The molecule has 5 nitrogen and oxygen atoms in total. The van der Waals surface area contributed by atoms with E-state index in [1.165, 1.54) is 0 Å². The van der Waals surface area contributed by atoms with Crippen LogP contribution in [0.1, 0.15) is 46.1 Å². The summed E-state index contributed by atoms with van der Waals surface area (Å²) in [6.07, 6.45) is -0.371. The van der Waals surface area contributed by atoms with E-state index in [-0.39, 0.29) is 6.42 Å². The number of aliphatic carboxylic acids is 1. The van der Waals surface area contributed by atoms with Crippen LogP contribution in [0.2, 0.25) is 0 Å². The van der Waals surface area contributed by atoms with Crippen LogP contribution in [0, 0.1) is 0 Å². The zero-order valence-electron chi connectivity index (χ0n) is 13.0. The van der Waals surface area contributed by atoms with Crippen LogP contribution in [0.4, 0.5) is 4.79 Å². The Balaban J connectivity index is 3.07. The van der Waals surface area contributed by atoms with Crippen molar-refractivity contribution in [3.8, 4) is 0 Å². The topological polar surface area (TPSA) is 75.6 Å². The van der Waals surface area contributed by atoms with Crippen molar-refractivity contribution in [3.05, 3.63) is 35.9 Å². The third kappa shape index (κ3) is 5.10. The molecule has 1 aromatic carbocycles. The van der Waals surface area contributed by atoms with Crippen molar-refractivity contribution in [2.75, 3.05) is 0 Å². The summed E-state index contributed by atoms with van der Waals surface area (Å²) in [5, 5.41) is 11.9. The van der Waals surface area contributed by atoms with Crippen LogP contribution in [-0.2, 0) is 15.1 Å². The van der Waals surface area contributed by atoms with Gasteiger partial charge in [-0.05, 0) is 32.8 Å². The fraction of sp³-hybridized carbons (Fsp3) is 0.500. The molecule has 5 heteroatoms. The molecular formula is C16H23NO4. The maximum atomic E-state index is 12.1. The fourth-order valence-electron chi connectivity index (χ4n) is 2.15. The SMILES string of the molecule is CCC(CC(=O)O)(NC(=O)OC(C)(C)C)c1ccccc1. The third-order valence-corrected chi connectivity index (χ3v) is 3.12. The van der Waals surface area contributed by atoms with E-state index in [0.29, 0.717) is 6.42 Å². The molecule has 1 aromatic rings. The molecule has 0 radical (unpaired) electrons. The molecule has 1 unspecified atom stereocenters. The van der Waals surface area contributed by atoms with Gasteiger partial charge in [0, 0.05) is 0 Å². The van der Waals surface area contributed by atoms with Gasteiger partial charge >= 0.3 is 12.1 Å². The molecule has 0 bridgehead atoms. The lowest BCUT2D eigenvalue weighted by atomic mass is 9.84. The van der Waals surface area contributed by atoms with E-state index < -0.39 is 23.2 Å². The van der Waals surface area contributed by atoms with Crippen molar-refractivity contribution in [2.24, 2.45) is 0 Å². The van der Waals surface area contributed by atoms with E-state index in [4.69, 9.17) is 4.74 Å². The summed E-state index contributed by atoms with van der Waals surface area (Å²) in [6, 6.07) is 9.10. The molecule has 1 rings (SSSR count).